The van der Waals surface area contributed by atoms with Gasteiger partial charge in [-0.25, -0.2) is 9.59 Å². The van der Waals surface area contributed by atoms with Crippen LogP contribution >= 0.6 is 0 Å². The van der Waals surface area contributed by atoms with Crippen LogP contribution in [0.4, 0.5) is 9.28 Å². The normalized spacial score (nSPS) is 26.3. The van der Waals surface area contributed by atoms with Crippen LogP contribution in [0.3, 0.4) is 0 Å². The Bertz CT molecular complexity index is 540. The van der Waals surface area contributed by atoms with Crippen LogP contribution in [0, 0.1) is 5.92 Å². The molecule has 0 spiro atoms. The zero-order valence-corrected chi connectivity index (χ0v) is 16.0. The number of methoxy groups -OCH3 is 1. The van der Waals surface area contributed by atoms with Gasteiger partial charge in [0.15, 0.2) is 0 Å². The first-order valence-electron chi connectivity index (χ1n) is 9.20. The van der Waals surface area contributed by atoms with Crippen molar-refractivity contribution >= 4 is 18.0 Å². The minimum absolute atomic E-state index is 0.232. The molecule has 1 heterocycles. The molecule has 0 N–H and O–H groups in total. The van der Waals surface area contributed by atoms with Gasteiger partial charge in [0.1, 0.15) is 11.6 Å². The first-order chi connectivity index (χ1) is 12.1. The zero-order valence-electron chi connectivity index (χ0n) is 16.0. The number of hydrogen-bond acceptors (Lipinski definition) is 5. The average molecular weight is 372 g/mol. The Hall–Kier alpha value is -1.86. The smallest absolute Gasteiger partial charge is 0.349 e. The van der Waals surface area contributed by atoms with Gasteiger partial charge in [0.05, 0.1) is 19.1 Å². The lowest BCUT2D eigenvalue weighted by Gasteiger charge is -2.34. The summed E-state index contributed by atoms with van der Waals surface area (Å²) in [6, 6.07) is -2.12. The third-order valence-electron chi connectivity index (χ3n) is 4.91. The number of esters is 2. The fraction of sp³-hybridized carbons (Fsp3) is 0.833. The van der Waals surface area contributed by atoms with Gasteiger partial charge in [-0.3, -0.25) is 4.79 Å². The standard InChI is InChI=1S/C18H29FN2O5/c1-18(2,3)26-16(23)14-6-5-11-20(14)17(24)21(19)13-9-7-12(8-10-13)15(22)25-4/h12-14H,5-11H2,1-4H3. The predicted octanol–water partition coefficient (Wildman–Crippen LogP) is 2.83. The van der Waals surface area contributed by atoms with Crippen molar-refractivity contribution in [1.29, 1.82) is 0 Å². The highest BCUT2D eigenvalue weighted by atomic mass is 19.2. The van der Waals surface area contributed by atoms with E-state index >= 15 is 0 Å². The van der Waals surface area contributed by atoms with Gasteiger partial charge in [-0.15, -0.1) is 0 Å². The molecule has 1 unspecified atom stereocenters. The van der Waals surface area contributed by atoms with Crippen molar-refractivity contribution in [2.75, 3.05) is 13.7 Å². The fourth-order valence-electron chi connectivity index (χ4n) is 3.59. The molecule has 7 nitrogen and oxygen atoms in total. The van der Waals surface area contributed by atoms with E-state index in [1.54, 1.807) is 20.8 Å². The van der Waals surface area contributed by atoms with E-state index in [1.165, 1.54) is 12.0 Å². The van der Waals surface area contributed by atoms with Crippen molar-refractivity contribution < 1.29 is 28.3 Å². The Labute approximate surface area is 153 Å². The first-order valence-corrected chi connectivity index (χ1v) is 9.20. The summed E-state index contributed by atoms with van der Waals surface area (Å²) in [6.45, 7) is 5.61. The molecule has 0 aromatic carbocycles. The number of carbonyl (C=O) groups is 3. The maximum absolute atomic E-state index is 14.7. The number of urea groups is 1. The summed E-state index contributed by atoms with van der Waals surface area (Å²) in [5.74, 6) is -1.02. The zero-order chi connectivity index (χ0) is 19.5. The van der Waals surface area contributed by atoms with Crippen molar-refractivity contribution in [2.45, 2.75) is 77.0 Å². The summed E-state index contributed by atoms with van der Waals surface area (Å²) in [5.41, 5.74) is -0.657. The van der Waals surface area contributed by atoms with Crippen LogP contribution in [0.2, 0.25) is 0 Å². The monoisotopic (exact) mass is 372 g/mol. The third kappa shape index (κ3) is 4.86. The van der Waals surface area contributed by atoms with Gasteiger partial charge in [-0.1, -0.05) is 4.48 Å². The maximum Gasteiger partial charge on any atom is 0.349 e. The molecular formula is C18H29FN2O5. The van der Waals surface area contributed by atoms with E-state index in [4.69, 9.17) is 9.47 Å². The van der Waals surface area contributed by atoms with Crippen LogP contribution in [-0.2, 0) is 19.1 Å². The second-order valence-corrected chi connectivity index (χ2v) is 8.01. The van der Waals surface area contributed by atoms with Crippen molar-refractivity contribution in [2.24, 2.45) is 5.92 Å². The quantitative estimate of drug-likeness (QED) is 0.562. The maximum atomic E-state index is 14.7. The van der Waals surface area contributed by atoms with Gasteiger partial charge in [-0.2, -0.15) is 5.12 Å². The Morgan fingerprint density at radius 2 is 1.65 bits per heavy atom. The molecule has 0 radical (unpaired) electrons. The van der Waals surface area contributed by atoms with E-state index in [1.807, 2.05) is 0 Å². The van der Waals surface area contributed by atoms with Crippen LogP contribution in [0.25, 0.3) is 0 Å². The van der Waals surface area contributed by atoms with Crippen LogP contribution in [-0.4, -0.2) is 59.3 Å². The van der Waals surface area contributed by atoms with Crippen LogP contribution in [0.5, 0.6) is 0 Å². The predicted molar refractivity (Wildman–Crippen MR) is 91.7 cm³/mol. The minimum Gasteiger partial charge on any atom is -0.469 e. The summed E-state index contributed by atoms with van der Waals surface area (Å²) >= 11 is 0. The Morgan fingerprint density at radius 1 is 1.04 bits per heavy atom. The number of ether oxygens (including phenoxy) is 2. The summed E-state index contributed by atoms with van der Waals surface area (Å²) in [7, 11) is 1.34. The molecule has 1 atom stereocenters. The highest BCUT2D eigenvalue weighted by Crippen LogP contribution is 2.31. The molecule has 1 saturated heterocycles. The summed E-state index contributed by atoms with van der Waals surface area (Å²) < 4.78 is 24.8. The molecule has 1 aliphatic carbocycles. The number of rotatable bonds is 3. The van der Waals surface area contributed by atoms with Gasteiger partial charge in [-0.05, 0) is 59.3 Å². The summed E-state index contributed by atoms with van der Waals surface area (Å²) in [4.78, 5) is 37.7. The van der Waals surface area contributed by atoms with Crippen LogP contribution in [0.1, 0.15) is 59.3 Å². The number of hydrogen-bond donors (Lipinski definition) is 0. The van der Waals surface area contributed by atoms with Gasteiger partial charge in [0.2, 0.25) is 0 Å². The van der Waals surface area contributed by atoms with E-state index in [0.717, 1.165) is 0 Å². The number of carbonyl (C=O) groups excluding carboxylic acids is 3. The van der Waals surface area contributed by atoms with Gasteiger partial charge < -0.3 is 14.4 Å². The fourth-order valence-corrected chi connectivity index (χ4v) is 3.59. The van der Waals surface area contributed by atoms with Gasteiger partial charge in [0, 0.05) is 6.54 Å². The molecule has 0 aromatic heterocycles. The summed E-state index contributed by atoms with van der Waals surface area (Å²) in [6.07, 6.45) is 2.88. The van der Waals surface area contributed by atoms with Gasteiger partial charge in [0.25, 0.3) is 0 Å². The van der Waals surface area contributed by atoms with Crippen molar-refractivity contribution in [3.05, 3.63) is 0 Å². The van der Waals surface area contributed by atoms with Crippen molar-refractivity contribution in [1.82, 2.24) is 10.0 Å². The summed E-state index contributed by atoms with van der Waals surface area (Å²) in [5, 5.41) is 0.232. The van der Waals surface area contributed by atoms with Crippen LogP contribution < -0.4 is 0 Å². The molecule has 26 heavy (non-hydrogen) atoms. The molecule has 0 aromatic rings. The van der Waals surface area contributed by atoms with E-state index in [2.05, 4.69) is 0 Å². The number of likely N-dealkylation sites (tertiary alicyclic amines) is 1. The van der Waals surface area contributed by atoms with Crippen LogP contribution in [0.15, 0.2) is 0 Å². The Kier molecular flexibility index (Phi) is 6.47. The van der Waals surface area contributed by atoms with E-state index in [9.17, 15) is 18.9 Å². The number of halogens is 1. The third-order valence-corrected chi connectivity index (χ3v) is 4.91. The molecule has 2 aliphatic rings. The molecule has 2 fully saturated rings. The highest BCUT2D eigenvalue weighted by Gasteiger charge is 2.41. The topological polar surface area (TPSA) is 76.2 Å². The minimum atomic E-state index is -0.792. The molecule has 1 saturated carbocycles. The molecule has 148 valence electrons. The largest absolute Gasteiger partial charge is 0.469 e. The molecule has 2 rings (SSSR count). The van der Waals surface area contributed by atoms with Crippen molar-refractivity contribution in [3.8, 4) is 0 Å². The molecule has 1 aliphatic heterocycles. The first kappa shape index (κ1) is 20.5. The lowest BCUT2D eigenvalue weighted by molar-refractivity contribution is -0.160. The highest BCUT2D eigenvalue weighted by molar-refractivity contribution is 5.84. The lowest BCUT2D eigenvalue weighted by Crippen LogP contribution is -2.50. The van der Waals surface area contributed by atoms with E-state index in [0.29, 0.717) is 45.1 Å². The SMILES string of the molecule is COC(=O)C1CCC(N(F)C(=O)N2CCCC2C(=O)OC(C)(C)C)CC1. The number of nitrogens with zero attached hydrogens (tertiary/aromatic N) is 2. The van der Waals surface area contributed by atoms with Crippen molar-refractivity contribution in [3.63, 3.8) is 0 Å². The molecule has 0 bridgehead atoms. The average Bonchev–Trinajstić information content (AvgIpc) is 3.08. The Balaban J connectivity index is 1.95. The molecule has 2 amide bonds. The second-order valence-electron chi connectivity index (χ2n) is 8.01. The van der Waals surface area contributed by atoms with E-state index in [-0.39, 0.29) is 17.0 Å². The van der Waals surface area contributed by atoms with E-state index < -0.39 is 29.7 Å². The second kappa shape index (κ2) is 8.22. The molecule has 8 heteroatoms. The van der Waals surface area contributed by atoms with Gasteiger partial charge >= 0.3 is 18.0 Å². The lowest BCUT2D eigenvalue weighted by atomic mass is 9.86. The number of amides is 2. The molecular weight excluding hydrogens is 343 g/mol. The Morgan fingerprint density at radius 3 is 2.19 bits per heavy atom.